The molecule has 0 amide bonds. The van der Waals surface area contributed by atoms with E-state index in [0.29, 0.717) is 11.7 Å². The van der Waals surface area contributed by atoms with E-state index in [0.717, 1.165) is 18.9 Å². The fourth-order valence-electron chi connectivity index (χ4n) is 3.73. The van der Waals surface area contributed by atoms with Crippen molar-refractivity contribution in [1.29, 1.82) is 0 Å². The highest BCUT2D eigenvalue weighted by Crippen LogP contribution is 2.29. The molecule has 3 heteroatoms. The molecule has 25 heavy (non-hydrogen) atoms. The number of aromatic carboxylic acids is 1. The first-order valence-corrected chi connectivity index (χ1v) is 10.1. The van der Waals surface area contributed by atoms with Gasteiger partial charge in [0.2, 0.25) is 0 Å². The molecule has 0 bridgehead atoms. The molecule has 1 aromatic carbocycles. The summed E-state index contributed by atoms with van der Waals surface area (Å²) in [7, 11) is 0. The molecule has 140 valence electrons. The molecule has 0 unspecified atom stereocenters. The van der Waals surface area contributed by atoms with Crippen molar-refractivity contribution in [2.45, 2.75) is 83.7 Å². The molecule has 1 aromatic rings. The Labute approximate surface area is 152 Å². The molecule has 0 aliphatic heterocycles. The van der Waals surface area contributed by atoms with Gasteiger partial charge in [0.1, 0.15) is 0 Å². The molecule has 0 atom stereocenters. The number of hydrogen-bond donors (Lipinski definition) is 1. The summed E-state index contributed by atoms with van der Waals surface area (Å²) < 4.78 is 6.05. The van der Waals surface area contributed by atoms with E-state index in [1.807, 2.05) is 12.1 Å². The second-order valence-corrected chi connectivity index (χ2v) is 7.47. The molecule has 0 radical (unpaired) electrons. The van der Waals surface area contributed by atoms with Crippen LogP contribution in [0.1, 0.15) is 87.1 Å². The van der Waals surface area contributed by atoms with E-state index < -0.39 is 5.97 Å². The largest absolute Gasteiger partial charge is 0.478 e. The van der Waals surface area contributed by atoms with Gasteiger partial charge in [-0.3, -0.25) is 0 Å². The normalized spacial score (nSPS) is 20.5. The lowest BCUT2D eigenvalue weighted by Gasteiger charge is -2.28. The molecule has 1 N–H and O–H groups in total. The van der Waals surface area contributed by atoms with Crippen LogP contribution in [0.4, 0.5) is 0 Å². The number of carboxylic acids is 1. The minimum Gasteiger partial charge on any atom is -0.478 e. The number of hydrogen-bond acceptors (Lipinski definition) is 2. The van der Waals surface area contributed by atoms with Gasteiger partial charge in [0.25, 0.3) is 0 Å². The maximum absolute atomic E-state index is 10.9. The molecular formula is C22H34O3. The smallest absolute Gasteiger partial charge is 0.335 e. The number of ether oxygens (including phenoxy) is 1. The third-order valence-corrected chi connectivity index (χ3v) is 5.44. The summed E-state index contributed by atoms with van der Waals surface area (Å²) >= 11 is 0. The third-order valence-electron chi connectivity index (χ3n) is 5.44. The lowest BCUT2D eigenvalue weighted by molar-refractivity contribution is 0.0153. The van der Waals surface area contributed by atoms with Crippen LogP contribution < -0.4 is 0 Å². The van der Waals surface area contributed by atoms with Crippen molar-refractivity contribution in [2.24, 2.45) is 5.92 Å². The number of aryl methyl sites for hydroxylation is 1. The van der Waals surface area contributed by atoms with Crippen LogP contribution in [0, 0.1) is 5.92 Å². The fraction of sp³-hybridized carbons (Fsp3) is 0.682. The van der Waals surface area contributed by atoms with Crippen molar-refractivity contribution in [3.63, 3.8) is 0 Å². The highest BCUT2D eigenvalue weighted by Gasteiger charge is 2.21. The van der Waals surface area contributed by atoms with Gasteiger partial charge < -0.3 is 9.84 Å². The van der Waals surface area contributed by atoms with E-state index in [-0.39, 0.29) is 0 Å². The molecule has 2 rings (SSSR count). The van der Waals surface area contributed by atoms with Gasteiger partial charge in [-0.1, -0.05) is 44.7 Å². The zero-order valence-electron chi connectivity index (χ0n) is 15.7. The van der Waals surface area contributed by atoms with Crippen LogP contribution in [-0.2, 0) is 11.2 Å². The fourth-order valence-corrected chi connectivity index (χ4v) is 3.73. The minimum absolute atomic E-state index is 0.371. The summed E-state index contributed by atoms with van der Waals surface area (Å²) in [6, 6.07) is 7.33. The maximum Gasteiger partial charge on any atom is 0.335 e. The van der Waals surface area contributed by atoms with E-state index in [1.165, 1.54) is 69.8 Å². The molecule has 3 nitrogen and oxygen atoms in total. The average Bonchev–Trinajstić information content (AvgIpc) is 2.64. The summed E-state index contributed by atoms with van der Waals surface area (Å²) in [6.07, 6.45) is 14.2. The Morgan fingerprint density at radius 1 is 1.04 bits per heavy atom. The van der Waals surface area contributed by atoms with E-state index in [1.54, 1.807) is 12.1 Å². The Balaban J connectivity index is 1.56. The molecule has 0 saturated heterocycles. The van der Waals surface area contributed by atoms with Gasteiger partial charge in [0, 0.05) is 6.61 Å². The van der Waals surface area contributed by atoms with Crippen LogP contribution in [-0.4, -0.2) is 23.8 Å². The van der Waals surface area contributed by atoms with Gasteiger partial charge in [-0.25, -0.2) is 4.79 Å². The highest BCUT2D eigenvalue weighted by molar-refractivity contribution is 5.87. The topological polar surface area (TPSA) is 46.5 Å². The van der Waals surface area contributed by atoms with Gasteiger partial charge in [-0.15, -0.1) is 0 Å². The van der Waals surface area contributed by atoms with Crippen LogP contribution in [0.25, 0.3) is 0 Å². The Kier molecular flexibility index (Phi) is 9.03. The van der Waals surface area contributed by atoms with E-state index in [9.17, 15) is 4.79 Å². The molecule has 0 heterocycles. The minimum atomic E-state index is -0.852. The highest BCUT2D eigenvalue weighted by atomic mass is 16.5. The monoisotopic (exact) mass is 346 g/mol. The van der Waals surface area contributed by atoms with Crippen molar-refractivity contribution >= 4 is 5.97 Å². The number of carbonyl (C=O) groups is 1. The van der Waals surface area contributed by atoms with Crippen molar-refractivity contribution in [1.82, 2.24) is 0 Å². The first-order valence-electron chi connectivity index (χ1n) is 10.1. The lowest BCUT2D eigenvalue weighted by Crippen LogP contribution is -2.22. The molecular weight excluding hydrogens is 312 g/mol. The average molecular weight is 347 g/mol. The second kappa shape index (κ2) is 11.3. The third kappa shape index (κ3) is 7.60. The Morgan fingerprint density at radius 3 is 2.36 bits per heavy atom. The SMILES string of the molecule is CCCCCCCOC1CCC(CCc2ccc(C(=O)O)cc2)CC1. The Morgan fingerprint density at radius 2 is 1.72 bits per heavy atom. The summed E-state index contributed by atoms with van der Waals surface area (Å²) in [4.78, 5) is 10.9. The van der Waals surface area contributed by atoms with Gasteiger partial charge in [0.05, 0.1) is 11.7 Å². The van der Waals surface area contributed by atoms with Crippen LogP contribution in [0.2, 0.25) is 0 Å². The van der Waals surface area contributed by atoms with Crippen LogP contribution in [0.15, 0.2) is 24.3 Å². The van der Waals surface area contributed by atoms with Crippen molar-refractivity contribution < 1.29 is 14.6 Å². The van der Waals surface area contributed by atoms with Gasteiger partial charge in [-0.05, 0) is 68.6 Å². The van der Waals surface area contributed by atoms with E-state index >= 15 is 0 Å². The Hall–Kier alpha value is -1.35. The summed E-state index contributed by atoms with van der Waals surface area (Å²) in [5, 5.41) is 8.94. The quantitative estimate of drug-likeness (QED) is 0.510. The van der Waals surface area contributed by atoms with Crippen LogP contribution in [0.3, 0.4) is 0 Å². The number of carboxylic acid groups (broad SMARTS) is 1. The number of unbranched alkanes of at least 4 members (excludes halogenated alkanes) is 4. The van der Waals surface area contributed by atoms with Gasteiger partial charge in [0.15, 0.2) is 0 Å². The first-order chi connectivity index (χ1) is 12.2. The van der Waals surface area contributed by atoms with Crippen molar-refractivity contribution in [3.8, 4) is 0 Å². The number of benzene rings is 1. The van der Waals surface area contributed by atoms with E-state index in [4.69, 9.17) is 9.84 Å². The predicted molar refractivity (Wildman–Crippen MR) is 102 cm³/mol. The predicted octanol–water partition coefficient (Wildman–Crippen LogP) is 5.86. The molecule has 1 saturated carbocycles. The van der Waals surface area contributed by atoms with Gasteiger partial charge >= 0.3 is 5.97 Å². The van der Waals surface area contributed by atoms with Crippen LogP contribution in [0.5, 0.6) is 0 Å². The first kappa shape index (κ1) is 20.0. The van der Waals surface area contributed by atoms with Gasteiger partial charge in [-0.2, -0.15) is 0 Å². The maximum atomic E-state index is 10.9. The van der Waals surface area contributed by atoms with Crippen molar-refractivity contribution in [2.75, 3.05) is 6.61 Å². The zero-order valence-corrected chi connectivity index (χ0v) is 15.7. The summed E-state index contributed by atoms with van der Waals surface area (Å²) in [6.45, 7) is 3.19. The summed E-state index contributed by atoms with van der Waals surface area (Å²) in [5.74, 6) is -0.0567. The molecule has 1 aliphatic carbocycles. The zero-order chi connectivity index (χ0) is 17.9. The second-order valence-electron chi connectivity index (χ2n) is 7.47. The standard InChI is InChI=1S/C22H34O3/c1-2-3-4-5-6-17-25-21-15-11-19(12-16-21)8-7-18-9-13-20(14-10-18)22(23)24/h9-10,13-14,19,21H,2-8,11-12,15-17H2,1H3,(H,23,24). The number of rotatable bonds is 11. The lowest BCUT2D eigenvalue weighted by atomic mass is 9.83. The van der Waals surface area contributed by atoms with E-state index in [2.05, 4.69) is 6.92 Å². The molecule has 0 aromatic heterocycles. The Bertz CT molecular complexity index is 486. The van der Waals surface area contributed by atoms with Crippen molar-refractivity contribution in [3.05, 3.63) is 35.4 Å². The molecule has 1 fully saturated rings. The summed E-state index contributed by atoms with van der Waals surface area (Å²) in [5.41, 5.74) is 1.62. The molecule has 0 spiro atoms. The molecule has 1 aliphatic rings. The van der Waals surface area contributed by atoms with Crippen LogP contribution >= 0.6 is 0 Å².